The third-order valence-electron chi connectivity index (χ3n) is 5.28. The maximum absolute atomic E-state index is 12.2. The monoisotopic (exact) mass is 301 g/mol. The lowest BCUT2D eigenvalue weighted by atomic mass is 9.78. The molecule has 118 valence electrons. The summed E-state index contributed by atoms with van der Waals surface area (Å²) in [4.78, 5) is 23.4. The summed E-state index contributed by atoms with van der Waals surface area (Å²) in [5.41, 5.74) is 0.695. The van der Waals surface area contributed by atoms with E-state index in [0.717, 1.165) is 25.7 Å². The van der Waals surface area contributed by atoms with E-state index in [1.807, 2.05) is 6.07 Å². The van der Waals surface area contributed by atoms with E-state index in [0.29, 0.717) is 25.3 Å². The van der Waals surface area contributed by atoms with Gasteiger partial charge in [-0.1, -0.05) is 30.3 Å². The lowest BCUT2D eigenvalue weighted by Crippen LogP contribution is -2.38. The fourth-order valence-corrected chi connectivity index (χ4v) is 3.43. The number of nitrogens with one attached hydrogen (secondary N) is 1. The molecule has 1 aromatic carbocycles. The van der Waals surface area contributed by atoms with Crippen molar-refractivity contribution in [3.05, 3.63) is 35.9 Å². The van der Waals surface area contributed by atoms with Gasteiger partial charge in [-0.2, -0.15) is 0 Å². The van der Waals surface area contributed by atoms with Gasteiger partial charge in [-0.15, -0.1) is 0 Å². The van der Waals surface area contributed by atoms with Crippen LogP contribution in [0.25, 0.3) is 0 Å². The molecule has 0 aliphatic heterocycles. The van der Waals surface area contributed by atoms with E-state index < -0.39 is 11.4 Å². The summed E-state index contributed by atoms with van der Waals surface area (Å²) in [7, 11) is 0. The van der Waals surface area contributed by atoms with Crippen LogP contribution in [0.5, 0.6) is 0 Å². The molecule has 2 fully saturated rings. The molecule has 2 aliphatic carbocycles. The molecule has 2 N–H and O–H groups in total. The number of rotatable bonds is 5. The Bertz CT molecular complexity index is 543. The average molecular weight is 301 g/mol. The van der Waals surface area contributed by atoms with Crippen LogP contribution in [-0.4, -0.2) is 23.5 Å². The largest absolute Gasteiger partial charge is 0.481 e. The summed E-state index contributed by atoms with van der Waals surface area (Å²) in [6.45, 7) is 0.291. The molecule has 0 radical (unpaired) electrons. The number of benzene rings is 1. The Morgan fingerprint density at radius 1 is 1.09 bits per heavy atom. The van der Waals surface area contributed by atoms with Crippen molar-refractivity contribution in [2.45, 2.75) is 44.4 Å². The van der Waals surface area contributed by atoms with Gasteiger partial charge >= 0.3 is 5.97 Å². The van der Waals surface area contributed by atoms with Crippen LogP contribution in [0, 0.1) is 11.3 Å². The quantitative estimate of drug-likeness (QED) is 0.878. The van der Waals surface area contributed by atoms with Crippen molar-refractivity contribution >= 4 is 11.9 Å². The molecule has 3 rings (SSSR count). The van der Waals surface area contributed by atoms with E-state index in [1.165, 1.54) is 5.56 Å². The molecular weight excluding hydrogens is 278 g/mol. The van der Waals surface area contributed by atoms with Gasteiger partial charge in [0, 0.05) is 12.5 Å². The van der Waals surface area contributed by atoms with Crippen molar-refractivity contribution in [2.24, 2.45) is 11.3 Å². The Morgan fingerprint density at radius 2 is 1.73 bits per heavy atom. The van der Waals surface area contributed by atoms with Gasteiger partial charge < -0.3 is 10.4 Å². The van der Waals surface area contributed by atoms with Gasteiger partial charge in [0.25, 0.3) is 0 Å². The molecule has 2 aliphatic rings. The van der Waals surface area contributed by atoms with E-state index >= 15 is 0 Å². The van der Waals surface area contributed by atoms with Crippen molar-refractivity contribution in [3.63, 3.8) is 0 Å². The molecule has 0 atom stereocenters. The molecule has 1 aromatic rings. The molecule has 4 nitrogen and oxygen atoms in total. The Hall–Kier alpha value is -1.84. The van der Waals surface area contributed by atoms with Crippen LogP contribution in [0.4, 0.5) is 0 Å². The Balaban J connectivity index is 1.47. The SMILES string of the molecule is O=C(NCC1(C(=O)O)CC1)C1CCC(c2ccccc2)CC1. The van der Waals surface area contributed by atoms with Crippen LogP contribution in [0.1, 0.15) is 50.0 Å². The van der Waals surface area contributed by atoms with Crippen LogP contribution in [-0.2, 0) is 9.59 Å². The first kappa shape index (κ1) is 15.1. The van der Waals surface area contributed by atoms with Crippen LogP contribution in [0.2, 0.25) is 0 Å². The topological polar surface area (TPSA) is 66.4 Å². The summed E-state index contributed by atoms with van der Waals surface area (Å²) in [6.07, 6.45) is 5.22. The molecule has 1 amide bonds. The summed E-state index contributed by atoms with van der Waals surface area (Å²) in [5.74, 6) is -0.136. The van der Waals surface area contributed by atoms with E-state index in [9.17, 15) is 9.59 Å². The zero-order valence-electron chi connectivity index (χ0n) is 12.8. The predicted molar refractivity (Wildman–Crippen MR) is 83.5 cm³/mol. The minimum Gasteiger partial charge on any atom is -0.481 e. The number of carbonyl (C=O) groups excluding carboxylic acids is 1. The lowest BCUT2D eigenvalue weighted by Gasteiger charge is -2.28. The number of carboxylic acid groups (broad SMARTS) is 1. The zero-order chi connectivity index (χ0) is 15.6. The summed E-state index contributed by atoms with van der Waals surface area (Å²) >= 11 is 0. The minimum atomic E-state index is -0.777. The molecule has 0 spiro atoms. The van der Waals surface area contributed by atoms with E-state index in [-0.39, 0.29) is 11.8 Å². The van der Waals surface area contributed by atoms with Crippen molar-refractivity contribution in [1.82, 2.24) is 5.32 Å². The smallest absolute Gasteiger partial charge is 0.311 e. The zero-order valence-corrected chi connectivity index (χ0v) is 12.8. The molecule has 0 unspecified atom stereocenters. The Morgan fingerprint density at radius 3 is 2.27 bits per heavy atom. The van der Waals surface area contributed by atoms with Gasteiger partial charge in [-0.25, -0.2) is 0 Å². The number of carboxylic acids is 1. The second-order valence-corrected chi connectivity index (χ2v) is 6.76. The Labute approximate surface area is 130 Å². The van der Waals surface area contributed by atoms with Gasteiger partial charge in [0.2, 0.25) is 5.91 Å². The van der Waals surface area contributed by atoms with E-state index in [4.69, 9.17) is 5.11 Å². The highest BCUT2D eigenvalue weighted by Crippen LogP contribution is 2.45. The fourth-order valence-electron chi connectivity index (χ4n) is 3.43. The van der Waals surface area contributed by atoms with Crippen molar-refractivity contribution in [2.75, 3.05) is 6.54 Å². The molecule has 2 saturated carbocycles. The van der Waals surface area contributed by atoms with Crippen LogP contribution < -0.4 is 5.32 Å². The molecule has 0 bridgehead atoms. The average Bonchev–Trinajstić information content (AvgIpc) is 3.35. The molecule has 22 heavy (non-hydrogen) atoms. The number of carbonyl (C=O) groups is 2. The lowest BCUT2D eigenvalue weighted by molar-refractivity contribution is -0.143. The van der Waals surface area contributed by atoms with Gasteiger partial charge in [0.1, 0.15) is 0 Å². The standard InChI is InChI=1S/C18H23NO3/c20-16(19-12-18(10-11-18)17(21)22)15-8-6-14(7-9-15)13-4-2-1-3-5-13/h1-5,14-15H,6-12H2,(H,19,20)(H,21,22). The molecule has 0 saturated heterocycles. The van der Waals surface area contributed by atoms with Gasteiger partial charge in [-0.05, 0) is 50.0 Å². The number of hydrogen-bond acceptors (Lipinski definition) is 2. The molecule has 0 heterocycles. The summed E-state index contributed by atoms with van der Waals surface area (Å²) < 4.78 is 0. The maximum atomic E-state index is 12.2. The van der Waals surface area contributed by atoms with Crippen molar-refractivity contribution < 1.29 is 14.7 Å². The van der Waals surface area contributed by atoms with Gasteiger partial charge in [0.05, 0.1) is 5.41 Å². The minimum absolute atomic E-state index is 0.0408. The summed E-state index contributed by atoms with van der Waals surface area (Å²) in [5, 5.41) is 12.0. The molecule has 4 heteroatoms. The third-order valence-corrected chi connectivity index (χ3v) is 5.28. The molecule has 0 aromatic heterocycles. The first-order valence-electron chi connectivity index (χ1n) is 8.17. The highest BCUT2D eigenvalue weighted by molar-refractivity contribution is 5.82. The van der Waals surface area contributed by atoms with E-state index in [1.54, 1.807) is 0 Å². The van der Waals surface area contributed by atoms with Gasteiger partial charge in [-0.3, -0.25) is 9.59 Å². The fraction of sp³-hybridized carbons (Fsp3) is 0.556. The highest BCUT2D eigenvalue weighted by atomic mass is 16.4. The van der Waals surface area contributed by atoms with Gasteiger partial charge in [0.15, 0.2) is 0 Å². The summed E-state index contributed by atoms with van der Waals surface area (Å²) in [6, 6.07) is 10.5. The van der Waals surface area contributed by atoms with Crippen LogP contribution in [0.15, 0.2) is 30.3 Å². The van der Waals surface area contributed by atoms with Crippen LogP contribution in [0.3, 0.4) is 0 Å². The normalized spacial score (nSPS) is 26.2. The first-order valence-corrected chi connectivity index (χ1v) is 8.17. The highest BCUT2D eigenvalue weighted by Gasteiger charge is 2.50. The number of aliphatic carboxylic acids is 1. The van der Waals surface area contributed by atoms with Crippen LogP contribution >= 0.6 is 0 Å². The Kier molecular flexibility index (Phi) is 4.19. The first-order chi connectivity index (χ1) is 10.6. The second-order valence-electron chi connectivity index (χ2n) is 6.76. The second kappa shape index (κ2) is 6.11. The number of amides is 1. The van der Waals surface area contributed by atoms with Crippen molar-refractivity contribution in [1.29, 1.82) is 0 Å². The predicted octanol–water partition coefficient (Wildman–Crippen LogP) is 2.94. The maximum Gasteiger partial charge on any atom is 0.311 e. The third kappa shape index (κ3) is 3.16. The molecular formula is C18H23NO3. The van der Waals surface area contributed by atoms with E-state index in [2.05, 4.69) is 29.6 Å². The number of hydrogen-bond donors (Lipinski definition) is 2. The van der Waals surface area contributed by atoms with Crippen molar-refractivity contribution in [3.8, 4) is 0 Å².